The van der Waals surface area contributed by atoms with Gasteiger partial charge in [-0.2, -0.15) is 4.31 Å². The zero-order valence-electron chi connectivity index (χ0n) is 22.3. The Morgan fingerprint density at radius 2 is 1.76 bits per heavy atom. The number of nitrogens with zero attached hydrogens (tertiary/aromatic N) is 3. The number of pyridine rings is 2. The standard InChI is InChI=1S/C30H31N5O5S/c36-27-20-35(41(39,40)28-12-4-5-15-32-28)17-7-11-25(27)33-30(38)26(18-21-8-2-1-3-9-21)34-29(37)23-13-14-24-22(19-23)10-6-16-31-24/h1-6,8-10,12-16,19,25-27,36H,7,11,17-18,20H2,(H,33,38)(H,34,37)/t25?,26-,27?/m0/s1. The van der Waals surface area contributed by atoms with Gasteiger partial charge in [-0.25, -0.2) is 13.4 Å². The number of fused-ring (bicyclic) bond motifs is 1. The van der Waals surface area contributed by atoms with Crippen molar-refractivity contribution in [1.82, 2.24) is 24.9 Å². The molecule has 1 aliphatic rings. The number of carbonyl (C=O) groups excluding carboxylic acids is 2. The first-order valence-corrected chi connectivity index (χ1v) is 14.8. The number of β-amino-alcohol motifs (C(OH)–C–C–N with tert-alkyl or cyclic N) is 1. The van der Waals surface area contributed by atoms with Crippen LogP contribution in [0.15, 0.2) is 96.3 Å². The van der Waals surface area contributed by atoms with Crippen molar-refractivity contribution in [2.24, 2.45) is 0 Å². The predicted molar refractivity (Wildman–Crippen MR) is 153 cm³/mol. The first kappa shape index (κ1) is 28.3. The number of carbonyl (C=O) groups is 2. The molecule has 212 valence electrons. The summed E-state index contributed by atoms with van der Waals surface area (Å²) in [5.41, 5.74) is 2.00. The van der Waals surface area contributed by atoms with Gasteiger partial charge in [-0.3, -0.25) is 14.6 Å². The van der Waals surface area contributed by atoms with Crippen molar-refractivity contribution < 1.29 is 23.1 Å². The summed E-state index contributed by atoms with van der Waals surface area (Å²) >= 11 is 0. The molecule has 1 saturated heterocycles. The molecule has 0 bridgehead atoms. The summed E-state index contributed by atoms with van der Waals surface area (Å²) < 4.78 is 27.4. The average Bonchev–Trinajstić information content (AvgIpc) is 3.18. The summed E-state index contributed by atoms with van der Waals surface area (Å²) in [6.07, 6.45) is 2.95. The first-order valence-electron chi connectivity index (χ1n) is 13.4. The normalized spacial score (nSPS) is 18.8. The van der Waals surface area contributed by atoms with E-state index in [-0.39, 0.29) is 24.5 Å². The van der Waals surface area contributed by atoms with E-state index in [1.807, 2.05) is 36.4 Å². The summed E-state index contributed by atoms with van der Waals surface area (Å²) in [6.45, 7) is -0.00592. The predicted octanol–water partition coefficient (Wildman–Crippen LogP) is 2.30. The number of rotatable bonds is 8. The van der Waals surface area contributed by atoms with Crippen molar-refractivity contribution in [3.8, 4) is 0 Å². The molecule has 3 atom stereocenters. The highest BCUT2D eigenvalue weighted by atomic mass is 32.2. The molecular weight excluding hydrogens is 542 g/mol. The maximum absolute atomic E-state index is 13.6. The van der Waals surface area contributed by atoms with Crippen molar-refractivity contribution in [2.45, 2.75) is 42.5 Å². The number of nitrogens with one attached hydrogen (secondary N) is 2. The molecule has 0 spiro atoms. The molecule has 4 aromatic rings. The van der Waals surface area contributed by atoms with Crippen molar-refractivity contribution in [1.29, 1.82) is 0 Å². The highest BCUT2D eigenvalue weighted by Gasteiger charge is 2.35. The fourth-order valence-corrected chi connectivity index (χ4v) is 6.35. The minimum atomic E-state index is -3.90. The van der Waals surface area contributed by atoms with Gasteiger partial charge in [0.1, 0.15) is 6.04 Å². The van der Waals surface area contributed by atoms with E-state index >= 15 is 0 Å². The number of aliphatic hydroxyl groups excluding tert-OH is 1. The number of sulfonamides is 1. The van der Waals surface area contributed by atoms with Crippen LogP contribution in [-0.4, -0.2) is 70.9 Å². The lowest BCUT2D eigenvalue weighted by molar-refractivity contribution is -0.124. The number of aliphatic hydroxyl groups is 1. The molecule has 0 radical (unpaired) electrons. The SMILES string of the molecule is O=C(N[C@@H](Cc1ccccc1)C(=O)NC1CCCN(S(=O)(=O)c2ccccn2)CC1O)c1ccc2ncccc2c1. The van der Waals surface area contributed by atoms with E-state index in [4.69, 9.17) is 0 Å². The Balaban J connectivity index is 1.31. The molecule has 10 nitrogen and oxygen atoms in total. The molecule has 2 aromatic carbocycles. The molecular formula is C30H31N5O5S. The maximum atomic E-state index is 13.6. The summed E-state index contributed by atoms with van der Waals surface area (Å²) in [4.78, 5) is 35.1. The Hall–Kier alpha value is -4.19. The van der Waals surface area contributed by atoms with E-state index in [0.717, 1.165) is 16.5 Å². The monoisotopic (exact) mass is 573 g/mol. The number of benzene rings is 2. The molecule has 41 heavy (non-hydrogen) atoms. The number of aromatic nitrogens is 2. The van der Waals surface area contributed by atoms with E-state index in [2.05, 4.69) is 20.6 Å². The third kappa shape index (κ3) is 6.76. The quantitative estimate of drug-likeness (QED) is 0.294. The van der Waals surface area contributed by atoms with Gasteiger partial charge in [-0.15, -0.1) is 0 Å². The van der Waals surface area contributed by atoms with Crippen LogP contribution in [0.5, 0.6) is 0 Å². The lowest BCUT2D eigenvalue weighted by Gasteiger charge is -2.27. The molecule has 3 N–H and O–H groups in total. The minimum Gasteiger partial charge on any atom is -0.390 e. The molecule has 11 heteroatoms. The first-order chi connectivity index (χ1) is 19.8. The van der Waals surface area contributed by atoms with Crippen LogP contribution in [0.1, 0.15) is 28.8 Å². The second kappa shape index (κ2) is 12.5. The molecule has 5 rings (SSSR count). The highest BCUT2D eigenvalue weighted by molar-refractivity contribution is 7.89. The van der Waals surface area contributed by atoms with Crippen molar-refractivity contribution >= 4 is 32.7 Å². The van der Waals surface area contributed by atoms with Crippen LogP contribution in [0.25, 0.3) is 10.9 Å². The molecule has 2 unspecified atom stereocenters. The molecule has 2 amide bonds. The lowest BCUT2D eigenvalue weighted by Crippen LogP contribution is -2.54. The van der Waals surface area contributed by atoms with Crippen LogP contribution < -0.4 is 10.6 Å². The van der Waals surface area contributed by atoms with E-state index < -0.39 is 40.0 Å². The van der Waals surface area contributed by atoms with E-state index in [0.29, 0.717) is 18.4 Å². The topological polar surface area (TPSA) is 142 Å². The molecule has 2 aromatic heterocycles. The Morgan fingerprint density at radius 3 is 2.54 bits per heavy atom. The number of hydrogen-bond donors (Lipinski definition) is 3. The highest BCUT2D eigenvalue weighted by Crippen LogP contribution is 2.20. The van der Waals surface area contributed by atoms with Crippen molar-refractivity contribution in [3.05, 3.63) is 102 Å². The van der Waals surface area contributed by atoms with E-state index in [1.165, 1.54) is 16.6 Å². The van der Waals surface area contributed by atoms with Crippen molar-refractivity contribution in [3.63, 3.8) is 0 Å². The number of amides is 2. The smallest absolute Gasteiger partial charge is 0.260 e. The summed E-state index contributed by atoms with van der Waals surface area (Å²) in [6, 6.07) is 21.1. The van der Waals surface area contributed by atoms with Gasteiger partial charge in [-0.1, -0.05) is 42.5 Å². The molecule has 0 saturated carbocycles. The Labute approximate surface area is 238 Å². The van der Waals surface area contributed by atoms with Crippen LogP contribution in [0.4, 0.5) is 0 Å². The van der Waals surface area contributed by atoms with Gasteiger partial charge in [0.15, 0.2) is 5.03 Å². The van der Waals surface area contributed by atoms with Crippen LogP contribution in [-0.2, 0) is 21.2 Å². The summed E-state index contributed by atoms with van der Waals surface area (Å²) in [5.74, 6) is -0.879. The number of hydrogen-bond acceptors (Lipinski definition) is 7. The van der Waals surface area contributed by atoms with Gasteiger partial charge in [0.05, 0.1) is 17.7 Å². The Kier molecular flexibility index (Phi) is 8.67. The van der Waals surface area contributed by atoms with Gasteiger partial charge in [0, 0.05) is 42.9 Å². The molecule has 1 aliphatic heterocycles. The third-order valence-electron chi connectivity index (χ3n) is 7.12. The van der Waals surface area contributed by atoms with Crippen LogP contribution in [0, 0.1) is 0 Å². The van der Waals surface area contributed by atoms with Gasteiger partial charge < -0.3 is 15.7 Å². The Morgan fingerprint density at radius 1 is 0.976 bits per heavy atom. The minimum absolute atomic E-state index is 0.0928. The fraction of sp³-hybridized carbons (Fsp3) is 0.267. The van der Waals surface area contributed by atoms with Crippen LogP contribution in [0.3, 0.4) is 0 Å². The zero-order valence-corrected chi connectivity index (χ0v) is 23.1. The van der Waals surface area contributed by atoms with E-state index in [1.54, 1.807) is 42.6 Å². The van der Waals surface area contributed by atoms with Gasteiger partial charge >= 0.3 is 0 Å². The summed E-state index contributed by atoms with van der Waals surface area (Å²) in [7, 11) is -3.90. The van der Waals surface area contributed by atoms with Crippen LogP contribution in [0.2, 0.25) is 0 Å². The van der Waals surface area contributed by atoms with Crippen molar-refractivity contribution in [2.75, 3.05) is 13.1 Å². The second-order valence-corrected chi connectivity index (χ2v) is 11.9. The van der Waals surface area contributed by atoms with Gasteiger partial charge in [-0.05, 0) is 54.8 Å². The Bertz CT molecular complexity index is 1620. The van der Waals surface area contributed by atoms with E-state index in [9.17, 15) is 23.1 Å². The van der Waals surface area contributed by atoms with Crippen LogP contribution >= 0.6 is 0 Å². The van der Waals surface area contributed by atoms with Gasteiger partial charge in [0.2, 0.25) is 5.91 Å². The van der Waals surface area contributed by atoms with Gasteiger partial charge in [0.25, 0.3) is 15.9 Å². The lowest BCUT2D eigenvalue weighted by atomic mass is 10.0. The molecule has 0 aliphatic carbocycles. The average molecular weight is 574 g/mol. The molecule has 3 heterocycles. The molecule has 1 fully saturated rings. The third-order valence-corrected chi connectivity index (χ3v) is 8.90. The largest absolute Gasteiger partial charge is 0.390 e. The second-order valence-electron chi connectivity index (χ2n) is 9.98. The summed E-state index contributed by atoms with van der Waals surface area (Å²) in [5, 5.41) is 17.4. The fourth-order valence-electron chi connectivity index (χ4n) is 4.93. The zero-order chi connectivity index (χ0) is 28.8. The maximum Gasteiger partial charge on any atom is 0.260 e.